The maximum atomic E-state index is 13.0. The van der Waals surface area contributed by atoms with Crippen molar-refractivity contribution < 1.29 is 9.59 Å². The number of ketones is 1. The number of carbonyl (C=O) groups is 2. The van der Waals surface area contributed by atoms with Crippen molar-refractivity contribution in [2.75, 3.05) is 7.05 Å². The Labute approximate surface area is 148 Å². The highest BCUT2D eigenvalue weighted by Gasteiger charge is 2.28. The number of benzene rings is 2. The maximum absolute atomic E-state index is 13.0. The number of nitrogens with zero attached hydrogens (tertiary/aromatic N) is 1. The van der Waals surface area contributed by atoms with Gasteiger partial charge in [0.1, 0.15) is 0 Å². The van der Waals surface area contributed by atoms with Gasteiger partial charge in [0.2, 0.25) is 0 Å². The molecular formula is C22H23NO2. The zero-order chi connectivity index (χ0) is 17.4. The molecule has 0 radical (unpaired) electrons. The lowest BCUT2D eigenvalue weighted by Crippen LogP contribution is -2.36. The number of rotatable bonds is 2. The Hall–Kier alpha value is -2.42. The van der Waals surface area contributed by atoms with E-state index >= 15 is 0 Å². The summed E-state index contributed by atoms with van der Waals surface area (Å²) in [5.41, 5.74) is 3.92. The molecular weight excluding hydrogens is 310 g/mol. The number of hydrogen-bond donors (Lipinski definition) is 0. The van der Waals surface area contributed by atoms with Gasteiger partial charge in [-0.05, 0) is 36.1 Å². The van der Waals surface area contributed by atoms with Crippen LogP contribution in [0, 0.1) is 0 Å². The molecule has 2 aliphatic rings. The van der Waals surface area contributed by atoms with E-state index in [1.165, 1.54) is 25.7 Å². The highest BCUT2D eigenvalue weighted by atomic mass is 16.2. The molecule has 128 valence electrons. The SMILES string of the molecule is CN(C(=O)c1ccc2c(c1)C(=O)c1ccccc1-2)C1CCCCCC1. The van der Waals surface area contributed by atoms with Crippen LogP contribution in [-0.4, -0.2) is 29.7 Å². The van der Waals surface area contributed by atoms with Gasteiger partial charge >= 0.3 is 0 Å². The molecule has 0 spiro atoms. The van der Waals surface area contributed by atoms with Gasteiger partial charge in [-0.3, -0.25) is 9.59 Å². The molecule has 1 fully saturated rings. The molecule has 0 aromatic heterocycles. The first-order chi connectivity index (χ1) is 12.2. The summed E-state index contributed by atoms with van der Waals surface area (Å²) < 4.78 is 0. The zero-order valence-corrected chi connectivity index (χ0v) is 14.6. The average molecular weight is 333 g/mol. The van der Waals surface area contributed by atoms with Crippen LogP contribution in [0.5, 0.6) is 0 Å². The van der Waals surface area contributed by atoms with Crippen molar-refractivity contribution >= 4 is 11.7 Å². The van der Waals surface area contributed by atoms with E-state index in [4.69, 9.17) is 0 Å². The van der Waals surface area contributed by atoms with Gasteiger partial charge in [-0.15, -0.1) is 0 Å². The predicted octanol–water partition coefficient (Wildman–Crippen LogP) is 4.69. The topological polar surface area (TPSA) is 37.4 Å². The first-order valence-corrected chi connectivity index (χ1v) is 9.22. The Kier molecular flexibility index (Phi) is 4.16. The van der Waals surface area contributed by atoms with Crippen LogP contribution in [0.4, 0.5) is 0 Å². The largest absolute Gasteiger partial charge is 0.339 e. The van der Waals surface area contributed by atoms with Crippen LogP contribution in [-0.2, 0) is 0 Å². The molecule has 3 heteroatoms. The molecule has 1 amide bonds. The summed E-state index contributed by atoms with van der Waals surface area (Å²) >= 11 is 0. The van der Waals surface area contributed by atoms with Crippen LogP contribution >= 0.6 is 0 Å². The Morgan fingerprint density at radius 1 is 0.880 bits per heavy atom. The van der Waals surface area contributed by atoms with Gasteiger partial charge in [0, 0.05) is 29.8 Å². The molecule has 4 rings (SSSR count). The minimum atomic E-state index is 0.0253. The molecule has 2 aromatic rings. The lowest BCUT2D eigenvalue weighted by atomic mass is 10.0. The van der Waals surface area contributed by atoms with Crippen LogP contribution in [0.2, 0.25) is 0 Å². The first kappa shape index (κ1) is 16.1. The van der Waals surface area contributed by atoms with E-state index in [1.807, 2.05) is 48.3 Å². The molecule has 0 bridgehead atoms. The van der Waals surface area contributed by atoms with Gasteiger partial charge in [0.05, 0.1) is 0 Å². The first-order valence-electron chi connectivity index (χ1n) is 9.22. The second-order valence-electron chi connectivity index (χ2n) is 7.20. The molecule has 0 heterocycles. The average Bonchev–Trinajstić information content (AvgIpc) is 2.83. The van der Waals surface area contributed by atoms with Gasteiger partial charge in [0.15, 0.2) is 5.78 Å². The lowest BCUT2D eigenvalue weighted by molar-refractivity contribution is 0.0717. The second kappa shape index (κ2) is 6.47. The second-order valence-corrected chi connectivity index (χ2v) is 7.20. The third kappa shape index (κ3) is 2.78. The smallest absolute Gasteiger partial charge is 0.253 e. The van der Waals surface area contributed by atoms with Crippen molar-refractivity contribution in [2.45, 2.75) is 44.6 Å². The number of carbonyl (C=O) groups excluding carboxylic acids is 2. The van der Waals surface area contributed by atoms with Gasteiger partial charge in [-0.1, -0.05) is 56.0 Å². The van der Waals surface area contributed by atoms with Gasteiger partial charge in [-0.25, -0.2) is 0 Å². The number of hydrogen-bond acceptors (Lipinski definition) is 2. The van der Waals surface area contributed by atoms with Crippen LogP contribution in [0.1, 0.15) is 64.8 Å². The number of fused-ring (bicyclic) bond motifs is 3. The van der Waals surface area contributed by atoms with E-state index in [-0.39, 0.29) is 11.7 Å². The van der Waals surface area contributed by atoms with Crippen LogP contribution in [0.3, 0.4) is 0 Å². The van der Waals surface area contributed by atoms with Gasteiger partial charge < -0.3 is 4.90 Å². The summed E-state index contributed by atoms with van der Waals surface area (Å²) in [5, 5.41) is 0. The maximum Gasteiger partial charge on any atom is 0.253 e. The normalized spacial score (nSPS) is 16.9. The molecule has 25 heavy (non-hydrogen) atoms. The molecule has 1 saturated carbocycles. The quantitative estimate of drug-likeness (QED) is 0.638. The van der Waals surface area contributed by atoms with Crippen molar-refractivity contribution in [2.24, 2.45) is 0 Å². The van der Waals surface area contributed by atoms with Crippen LogP contribution in [0.25, 0.3) is 11.1 Å². The molecule has 0 saturated heterocycles. The summed E-state index contributed by atoms with van der Waals surface area (Å²) in [6.07, 6.45) is 7.09. The van der Waals surface area contributed by atoms with E-state index in [0.717, 1.165) is 29.5 Å². The van der Waals surface area contributed by atoms with Crippen molar-refractivity contribution in [3.8, 4) is 11.1 Å². The third-order valence-electron chi connectivity index (χ3n) is 5.67. The predicted molar refractivity (Wildman–Crippen MR) is 98.9 cm³/mol. The van der Waals surface area contributed by atoms with Gasteiger partial charge in [0.25, 0.3) is 5.91 Å². The Balaban J connectivity index is 1.62. The molecule has 3 nitrogen and oxygen atoms in total. The minimum Gasteiger partial charge on any atom is -0.339 e. The van der Waals surface area contributed by atoms with E-state index in [1.54, 1.807) is 6.07 Å². The fourth-order valence-corrected chi connectivity index (χ4v) is 4.18. The summed E-state index contributed by atoms with van der Waals surface area (Å²) in [4.78, 5) is 27.5. The highest BCUT2D eigenvalue weighted by molar-refractivity contribution is 6.22. The minimum absolute atomic E-state index is 0.0253. The Bertz CT molecular complexity index is 832. The van der Waals surface area contributed by atoms with Crippen molar-refractivity contribution in [3.05, 3.63) is 59.2 Å². The summed E-state index contributed by atoms with van der Waals surface area (Å²) in [6.45, 7) is 0. The zero-order valence-electron chi connectivity index (χ0n) is 14.6. The van der Waals surface area contributed by atoms with Crippen LogP contribution in [0.15, 0.2) is 42.5 Å². The van der Waals surface area contributed by atoms with E-state index in [0.29, 0.717) is 17.2 Å². The van der Waals surface area contributed by atoms with Gasteiger partial charge in [-0.2, -0.15) is 0 Å². The fraction of sp³-hybridized carbons (Fsp3) is 0.364. The highest BCUT2D eigenvalue weighted by Crippen LogP contribution is 2.37. The van der Waals surface area contributed by atoms with Crippen LogP contribution < -0.4 is 0 Å². The van der Waals surface area contributed by atoms with E-state index in [9.17, 15) is 9.59 Å². The summed E-state index contributed by atoms with van der Waals surface area (Å²) in [6, 6.07) is 13.5. The van der Waals surface area contributed by atoms with E-state index < -0.39 is 0 Å². The van der Waals surface area contributed by atoms with Crippen molar-refractivity contribution in [1.82, 2.24) is 4.90 Å². The van der Waals surface area contributed by atoms with Crippen molar-refractivity contribution in [3.63, 3.8) is 0 Å². The fourth-order valence-electron chi connectivity index (χ4n) is 4.18. The third-order valence-corrected chi connectivity index (χ3v) is 5.67. The Morgan fingerprint density at radius 3 is 2.24 bits per heavy atom. The lowest BCUT2D eigenvalue weighted by Gasteiger charge is -2.27. The number of amides is 1. The standard InChI is InChI=1S/C22H23NO2/c1-23(16-8-4-2-3-5-9-16)22(25)15-12-13-18-17-10-6-7-11-19(17)21(24)20(18)14-15/h6-7,10-14,16H,2-5,8-9H2,1H3. The van der Waals surface area contributed by atoms with Crippen molar-refractivity contribution in [1.29, 1.82) is 0 Å². The molecule has 2 aromatic carbocycles. The molecule has 0 aliphatic heterocycles. The molecule has 2 aliphatic carbocycles. The summed E-state index contributed by atoms with van der Waals surface area (Å²) in [7, 11) is 1.90. The summed E-state index contributed by atoms with van der Waals surface area (Å²) in [5.74, 6) is 0.0517. The Morgan fingerprint density at radius 2 is 1.52 bits per heavy atom. The van der Waals surface area contributed by atoms with E-state index in [2.05, 4.69) is 0 Å². The molecule has 0 atom stereocenters. The molecule has 0 unspecified atom stereocenters. The molecule has 0 N–H and O–H groups in total. The monoisotopic (exact) mass is 333 g/mol.